The summed E-state index contributed by atoms with van der Waals surface area (Å²) in [6, 6.07) is 0. The molecule has 0 aromatic heterocycles. The number of carbonyl (C=O) groups excluding carboxylic acids is 1. The van der Waals surface area contributed by atoms with Gasteiger partial charge in [0.05, 0.1) is 17.3 Å². The molecule has 0 radical (unpaired) electrons. The van der Waals surface area contributed by atoms with Gasteiger partial charge in [0, 0.05) is 6.42 Å². The minimum atomic E-state index is -0.805. The molecule has 3 nitrogen and oxygen atoms in total. The first-order chi connectivity index (χ1) is 5.87. The van der Waals surface area contributed by atoms with Gasteiger partial charge in [-0.1, -0.05) is 0 Å². The van der Waals surface area contributed by atoms with Crippen LogP contribution in [0.3, 0.4) is 0 Å². The lowest BCUT2D eigenvalue weighted by molar-refractivity contribution is -0.128. The van der Waals surface area contributed by atoms with Gasteiger partial charge in [-0.15, -0.1) is 0 Å². The molecule has 0 amide bonds. The molecule has 0 bridgehead atoms. The maximum atomic E-state index is 10.4. The molecule has 2 atom stereocenters. The summed E-state index contributed by atoms with van der Waals surface area (Å²) in [4.78, 5) is 10.4. The number of aliphatic hydroxyl groups is 1. The standard InChI is InChI=1S/C10H18O3/c1-9(2,12)8-4-5-10(3,13-8)6-7-11/h7-8,12H,4-6H2,1-3H3. The van der Waals surface area contributed by atoms with Crippen molar-refractivity contribution in [3.63, 3.8) is 0 Å². The van der Waals surface area contributed by atoms with Gasteiger partial charge in [-0.05, 0) is 33.6 Å². The summed E-state index contributed by atoms with van der Waals surface area (Å²) in [5.41, 5.74) is -1.16. The molecule has 1 aliphatic rings. The summed E-state index contributed by atoms with van der Waals surface area (Å²) in [5.74, 6) is 0. The number of rotatable bonds is 3. The van der Waals surface area contributed by atoms with Crippen LogP contribution in [-0.4, -0.2) is 28.7 Å². The van der Waals surface area contributed by atoms with Crippen molar-refractivity contribution in [3.05, 3.63) is 0 Å². The Hall–Kier alpha value is -0.410. The fourth-order valence-corrected chi connectivity index (χ4v) is 1.72. The van der Waals surface area contributed by atoms with E-state index in [9.17, 15) is 9.90 Å². The monoisotopic (exact) mass is 186 g/mol. The van der Waals surface area contributed by atoms with Crippen LogP contribution in [0.1, 0.15) is 40.0 Å². The Morgan fingerprint density at radius 2 is 2.31 bits per heavy atom. The van der Waals surface area contributed by atoms with Gasteiger partial charge in [0.1, 0.15) is 6.29 Å². The van der Waals surface area contributed by atoms with Gasteiger partial charge >= 0.3 is 0 Å². The molecule has 76 valence electrons. The number of carbonyl (C=O) groups is 1. The van der Waals surface area contributed by atoms with Crippen molar-refractivity contribution >= 4 is 6.29 Å². The van der Waals surface area contributed by atoms with Crippen LogP contribution in [0, 0.1) is 0 Å². The van der Waals surface area contributed by atoms with Crippen LogP contribution in [0.25, 0.3) is 0 Å². The zero-order chi connectivity index (χ0) is 10.1. The molecule has 1 N–H and O–H groups in total. The second kappa shape index (κ2) is 3.39. The van der Waals surface area contributed by atoms with Gasteiger partial charge in [-0.25, -0.2) is 0 Å². The minimum absolute atomic E-state index is 0.141. The van der Waals surface area contributed by atoms with E-state index in [1.165, 1.54) is 0 Å². The first-order valence-electron chi connectivity index (χ1n) is 4.71. The highest BCUT2D eigenvalue weighted by atomic mass is 16.5. The summed E-state index contributed by atoms with van der Waals surface area (Å²) in [5, 5.41) is 9.70. The topological polar surface area (TPSA) is 46.5 Å². The Bertz CT molecular complexity index is 195. The molecule has 13 heavy (non-hydrogen) atoms. The van der Waals surface area contributed by atoms with Gasteiger partial charge in [-0.2, -0.15) is 0 Å². The smallest absolute Gasteiger partial charge is 0.122 e. The van der Waals surface area contributed by atoms with E-state index in [1.807, 2.05) is 6.92 Å². The molecular formula is C10H18O3. The molecule has 1 aliphatic heterocycles. The van der Waals surface area contributed by atoms with Gasteiger partial charge in [0.2, 0.25) is 0 Å². The molecular weight excluding hydrogens is 168 g/mol. The van der Waals surface area contributed by atoms with Gasteiger partial charge in [0.25, 0.3) is 0 Å². The van der Waals surface area contributed by atoms with Crippen LogP contribution >= 0.6 is 0 Å². The van der Waals surface area contributed by atoms with E-state index < -0.39 is 5.60 Å². The predicted molar refractivity (Wildman–Crippen MR) is 49.5 cm³/mol. The first-order valence-corrected chi connectivity index (χ1v) is 4.71. The second-order valence-electron chi connectivity index (χ2n) is 4.62. The van der Waals surface area contributed by atoms with E-state index in [1.54, 1.807) is 13.8 Å². The second-order valence-corrected chi connectivity index (χ2v) is 4.62. The zero-order valence-corrected chi connectivity index (χ0v) is 8.54. The fraction of sp³-hybridized carbons (Fsp3) is 0.900. The van der Waals surface area contributed by atoms with E-state index in [0.29, 0.717) is 6.42 Å². The highest BCUT2D eigenvalue weighted by molar-refractivity contribution is 5.51. The largest absolute Gasteiger partial charge is 0.388 e. The van der Waals surface area contributed by atoms with Gasteiger partial charge in [-0.3, -0.25) is 0 Å². The molecule has 0 saturated carbocycles. The fourth-order valence-electron chi connectivity index (χ4n) is 1.72. The van der Waals surface area contributed by atoms with Gasteiger partial charge < -0.3 is 14.6 Å². The van der Waals surface area contributed by atoms with Crippen molar-refractivity contribution in [2.45, 2.75) is 57.3 Å². The van der Waals surface area contributed by atoms with E-state index in [0.717, 1.165) is 19.1 Å². The highest BCUT2D eigenvalue weighted by Gasteiger charge is 2.41. The van der Waals surface area contributed by atoms with Crippen molar-refractivity contribution in [2.24, 2.45) is 0 Å². The van der Waals surface area contributed by atoms with E-state index in [4.69, 9.17) is 4.74 Å². The van der Waals surface area contributed by atoms with Crippen LogP contribution in [0.15, 0.2) is 0 Å². The summed E-state index contributed by atoms with van der Waals surface area (Å²) in [7, 11) is 0. The SMILES string of the molecule is CC1(CC=O)CCC(C(C)(C)O)O1. The molecule has 2 unspecified atom stereocenters. The van der Waals surface area contributed by atoms with Crippen LogP contribution in [0.4, 0.5) is 0 Å². The summed E-state index contributed by atoms with van der Waals surface area (Å²) < 4.78 is 5.67. The molecule has 0 aromatic carbocycles. The van der Waals surface area contributed by atoms with Crippen LogP contribution in [0.5, 0.6) is 0 Å². The van der Waals surface area contributed by atoms with Gasteiger partial charge in [0.15, 0.2) is 0 Å². The lowest BCUT2D eigenvalue weighted by Crippen LogP contribution is -2.38. The third kappa shape index (κ3) is 2.51. The Morgan fingerprint density at radius 3 is 2.69 bits per heavy atom. The Kier molecular flexibility index (Phi) is 2.78. The van der Waals surface area contributed by atoms with Crippen molar-refractivity contribution in [1.29, 1.82) is 0 Å². The van der Waals surface area contributed by atoms with Crippen LogP contribution < -0.4 is 0 Å². The van der Waals surface area contributed by atoms with Crippen molar-refractivity contribution in [2.75, 3.05) is 0 Å². The Morgan fingerprint density at radius 1 is 1.69 bits per heavy atom. The molecule has 1 rings (SSSR count). The lowest BCUT2D eigenvalue weighted by atomic mass is 9.96. The number of hydrogen-bond donors (Lipinski definition) is 1. The normalized spacial score (nSPS) is 34.9. The van der Waals surface area contributed by atoms with E-state index in [2.05, 4.69) is 0 Å². The summed E-state index contributed by atoms with van der Waals surface area (Å²) in [6.45, 7) is 5.40. The lowest BCUT2D eigenvalue weighted by Gasteiger charge is -2.28. The molecule has 1 fully saturated rings. The highest BCUT2D eigenvalue weighted by Crippen LogP contribution is 2.36. The maximum Gasteiger partial charge on any atom is 0.122 e. The number of hydrogen-bond acceptors (Lipinski definition) is 3. The van der Waals surface area contributed by atoms with E-state index in [-0.39, 0.29) is 11.7 Å². The molecule has 1 saturated heterocycles. The summed E-state index contributed by atoms with van der Waals surface area (Å²) >= 11 is 0. The predicted octanol–water partition coefficient (Wildman–Crippen LogP) is 1.28. The molecule has 1 heterocycles. The average Bonchev–Trinajstić information content (AvgIpc) is 2.31. The zero-order valence-electron chi connectivity index (χ0n) is 8.54. The molecule has 0 aliphatic carbocycles. The maximum absolute atomic E-state index is 10.4. The van der Waals surface area contributed by atoms with Crippen LogP contribution in [0.2, 0.25) is 0 Å². The number of aldehydes is 1. The van der Waals surface area contributed by atoms with Crippen molar-refractivity contribution in [1.82, 2.24) is 0 Å². The number of ether oxygens (including phenoxy) is 1. The third-order valence-electron chi connectivity index (χ3n) is 2.67. The quantitative estimate of drug-likeness (QED) is 0.675. The molecule has 0 spiro atoms. The van der Waals surface area contributed by atoms with E-state index >= 15 is 0 Å². The minimum Gasteiger partial charge on any atom is -0.388 e. The molecule has 3 heteroatoms. The summed E-state index contributed by atoms with van der Waals surface area (Å²) in [6.07, 6.45) is 2.83. The third-order valence-corrected chi connectivity index (χ3v) is 2.67. The first kappa shape index (κ1) is 10.7. The Balaban J connectivity index is 2.58. The van der Waals surface area contributed by atoms with Crippen molar-refractivity contribution in [3.8, 4) is 0 Å². The van der Waals surface area contributed by atoms with Crippen molar-refractivity contribution < 1.29 is 14.6 Å². The average molecular weight is 186 g/mol. The molecule has 0 aromatic rings. The van der Waals surface area contributed by atoms with Crippen LogP contribution in [-0.2, 0) is 9.53 Å². The Labute approximate surface area is 79.1 Å².